The van der Waals surface area contributed by atoms with Gasteiger partial charge in [0.2, 0.25) is 0 Å². The summed E-state index contributed by atoms with van der Waals surface area (Å²) in [6.07, 6.45) is 84.8. The molecule has 0 saturated carbocycles. The Bertz CT molecular complexity index is 1420. The fourth-order valence-electron chi connectivity index (χ4n) is 9.66. The molecule has 6 nitrogen and oxygen atoms in total. The molecule has 0 aliphatic rings. The summed E-state index contributed by atoms with van der Waals surface area (Å²) < 4.78 is 17.0. The molecular weight excluding hydrogens is 949 g/mol. The van der Waals surface area contributed by atoms with Crippen molar-refractivity contribution in [3.05, 3.63) is 72.9 Å². The van der Waals surface area contributed by atoms with Gasteiger partial charge in [0.1, 0.15) is 13.2 Å². The Balaban J connectivity index is 4.33. The third-order valence-electron chi connectivity index (χ3n) is 14.7. The van der Waals surface area contributed by atoms with Gasteiger partial charge in [-0.15, -0.1) is 0 Å². The summed E-state index contributed by atoms with van der Waals surface area (Å²) in [7, 11) is 0. The number of allylic oxidation sites excluding steroid dienone is 12. The van der Waals surface area contributed by atoms with E-state index in [2.05, 4.69) is 93.7 Å². The first-order valence-electron chi connectivity index (χ1n) is 33.4. The van der Waals surface area contributed by atoms with Crippen molar-refractivity contribution in [1.29, 1.82) is 0 Å². The van der Waals surface area contributed by atoms with Gasteiger partial charge in [-0.2, -0.15) is 0 Å². The van der Waals surface area contributed by atoms with E-state index >= 15 is 0 Å². The van der Waals surface area contributed by atoms with Crippen molar-refractivity contribution in [2.24, 2.45) is 0 Å². The lowest BCUT2D eigenvalue weighted by atomic mass is 10.0. The van der Waals surface area contributed by atoms with Crippen molar-refractivity contribution in [3.63, 3.8) is 0 Å². The van der Waals surface area contributed by atoms with E-state index in [-0.39, 0.29) is 31.1 Å². The van der Waals surface area contributed by atoms with Crippen LogP contribution in [0.25, 0.3) is 0 Å². The summed E-state index contributed by atoms with van der Waals surface area (Å²) in [5.74, 6) is -0.875. The minimum absolute atomic E-state index is 0.0784. The molecule has 0 N–H and O–H groups in total. The van der Waals surface area contributed by atoms with Crippen molar-refractivity contribution < 1.29 is 28.6 Å². The Labute approximate surface area is 478 Å². The summed E-state index contributed by atoms with van der Waals surface area (Å²) >= 11 is 0. The highest BCUT2D eigenvalue weighted by Crippen LogP contribution is 2.17. The van der Waals surface area contributed by atoms with E-state index < -0.39 is 6.10 Å². The first kappa shape index (κ1) is 73.8. The smallest absolute Gasteiger partial charge is 0.306 e. The molecule has 0 aromatic carbocycles. The van der Waals surface area contributed by atoms with Crippen molar-refractivity contribution in [3.8, 4) is 0 Å². The second kappa shape index (κ2) is 65.4. The molecule has 0 heterocycles. The van der Waals surface area contributed by atoms with Crippen LogP contribution in [0.4, 0.5) is 0 Å². The van der Waals surface area contributed by atoms with E-state index in [1.807, 2.05) is 0 Å². The first-order valence-corrected chi connectivity index (χ1v) is 33.4. The van der Waals surface area contributed by atoms with Crippen LogP contribution in [-0.2, 0) is 28.6 Å². The van der Waals surface area contributed by atoms with Crippen LogP contribution >= 0.6 is 0 Å². The first-order chi connectivity index (χ1) is 38.0. The number of esters is 3. The minimum atomic E-state index is -0.782. The van der Waals surface area contributed by atoms with Crippen molar-refractivity contribution >= 4 is 17.9 Å². The lowest BCUT2D eigenvalue weighted by Crippen LogP contribution is -2.30. The van der Waals surface area contributed by atoms with E-state index in [1.54, 1.807) is 0 Å². The molecule has 1 unspecified atom stereocenters. The molecule has 0 rings (SSSR count). The zero-order valence-electron chi connectivity index (χ0n) is 51.2. The fraction of sp³-hybridized carbons (Fsp3) is 0.789. The average molecular weight is 1080 g/mol. The highest BCUT2D eigenvalue weighted by atomic mass is 16.6. The van der Waals surface area contributed by atoms with Gasteiger partial charge in [0.05, 0.1) is 0 Å². The zero-order chi connectivity index (χ0) is 55.7. The van der Waals surface area contributed by atoms with Gasteiger partial charge < -0.3 is 14.2 Å². The molecule has 0 aromatic heterocycles. The third kappa shape index (κ3) is 63.6. The maximum atomic E-state index is 12.9. The van der Waals surface area contributed by atoms with Gasteiger partial charge in [-0.3, -0.25) is 14.4 Å². The number of hydrogen-bond acceptors (Lipinski definition) is 6. The third-order valence-corrected chi connectivity index (χ3v) is 14.7. The Morgan fingerprint density at radius 1 is 0.273 bits per heavy atom. The minimum Gasteiger partial charge on any atom is -0.462 e. The molecule has 77 heavy (non-hydrogen) atoms. The maximum absolute atomic E-state index is 12.9. The van der Waals surface area contributed by atoms with Gasteiger partial charge in [-0.05, 0) is 109 Å². The number of rotatable bonds is 61. The molecule has 0 aliphatic heterocycles. The van der Waals surface area contributed by atoms with E-state index in [0.29, 0.717) is 19.3 Å². The normalized spacial score (nSPS) is 12.5. The van der Waals surface area contributed by atoms with Crippen LogP contribution in [0.1, 0.15) is 342 Å². The van der Waals surface area contributed by atoms with Crippen LogP contribution in [0.15, 0.2) is 72.9 Å². The van der Waals surface area contributed by atoms with E-state index in [0.717, 1.165) is 89.9 Å². The highest BCUT2D eigenvalue weighted by Gasteiger charge is 2.19. The monoisotopic (exact) mass is 1070 g/mol. The van der Waals surface area contributed by atoms with E-state index in [9.17, 15) is 14.4 Å². The Kier molecular flexibility index (Phi) is 62.7. The van der Waals surface area contributed by atoms with Gasteiger partial charge in [0, 0.05) is 19.3 Å². The molecule has 0 saturated heterocycles. The molecule has 0 amide bonds. The van der Waals surface area contributed by atoms with Gasteiger partial charge >= 0.3 is 17.9 Å². The molecule has 0 fully saturated rings. The van der Waals surface area contributed by atoms with E-state index in [1.165, 1.54) is 212 Å². The van der Waals surface area contributed by atoms with Crippen LogP contribution in [0.2, 0.25) is 0 Å². The van der Waals surface area contributed by atoms with Crippen LogP contribution in [0.5, 0.6) is 0 Å². The van der Waals surface area contributed by atoms with Gasteiger partial charge in [-0.1, -0.05) is 286 Å². The second-order valence-electron chi connectivity index (χ2n) is 22.3. The molecule has 0 radical (unpaired) electrons. The molecule has 0 spiro atoms. The molecule has 446 valence electrons. The number of carbonyl (C=O) groups is 3. The summed E-state index contributed by atoms with van der Waals surface area (Å²) in [6, 6.07) is 0. The number of carbonyl (C=O) groups excluding carboxylic acids is 3. The SMILES string of the molecule is CC/C=C\C/C=C\C/C=C\C/C=C\CCCCCCCCCCCCCCC(=O)OCC(COC(=O)CCCCCCC/C=C\CCCCCCCCC)OC(=O)CCCCCCCCC/C=C\CCCCCCCCC. The number of ether oxygens (including phenoxy) is 3. The Morgan fingerprint density at radius 2 is 0.506 bits per heavy atom. The predicted molar refractivity (Wildman–Crippen MR) is 335 cm³/mol. The molecular formula is C71H126O6. The largest absolute Gasteiger partial charge is 0.462 e. The van der Waals surface area contributed by atoms with Gasteiger partial charge in [-0.25, -0.2) is 0 Å². The number of unbranched alkanes of at least 4 members (excludes halogenated alkanes) is 38. The standard InChI is InChI=1S/C71H126O6/c1-4-7-10-13-16-19-22-25-28-31-33-34-35-36-37-38-39-41-43-46-49-52-55-58-61-64-70(73)76-67-68(66-75-69(72)63-60-57-54-51-48-45-42-30-27-24-21-18-15-12-9-6-3)77-71(74)65-62-59-56-53-50-47-44-40-32-29-26-23-20-17-14-11-8-5-2/h7,10,16,19,25,28-30,32-34,42,68H,4-6,8-9,11-15,17-18,20-24,26-27,31,35-41,43-67H2,1-3H3/b10-7-,19-16-,28-25-,32-29-,34-33-,42-30-. The lowest BCUT2D eigenvalue weighted by molar-refractivity contribution is -0.167. The Morgan fingerprint density at radius 3 is 0.805 bits per heavy atom. The predicted octanol–water partition coefficient (Wildman–Crippen LogP) is 22.9. The molecule has 0 aromatic rings. The lowest BCUT2D eigenvalue weighted by Gasteiger charge is -2.18. The van der Waals surface area contributed by atoms with Gasteiger partial charge in [0.15, 0.2) is 6.10 Å². The summed E-state index contributed by atoms with van der Waals surface area (Å²) in [5.41, 5.74) is 0. The van der Waals surface area contributed by atoms with E-state index in [4.69, 9.17) is 14.2 Å². The number of hydrogen-bond donors (Lipinski definition) is 0. The fourth-order valence-corrected chi connectivity index (χ4v) is 9.66. The van der Waals surface area contributed by atoms with Crippen LogP contribution in [0.3, 0.4) is 0 Å². The van der Waals surface area contributed by atoms with Crippen LogP contribution < -0.4 is 0 Å². The molecule has 1 atom stereocenters. The second-order valence-corrected chi connectivity index (χ2v) is 22.3. The maximum Gasteiger partial charge on any atom is 0.306 e. The summed E-state index contributed by atoms with van der Waals surface area (Å²) in [5, 5.41) is 0. The molecule has 6 heteroatoms. The topological polar surface area (TPSA) is 78.9 Å². The average Bonchev–Trinajstić information content (AvgIpc) is 3.43. The van der Waals surface area contributed by atoms with Crippen LogP contribution in [0, 0.1) is 0 Å². The Hall–Kier alpha value is -3.15. The summed E-state index contributed by atoms with van der Waals surface area (Å²) in [4.78, 5) is 38.4. The molecule has 0 aliphatic carbocycles. The van der Waals surface area contributed by atoms with Gasteiger partial charge in [0.25, 0.3) is 0 Å². The van der Waals surface area contributed by atoms with Crippen molar-refractivity contribution in [1.82, 2.24) is 0 Å². The van der Waals surface area contributed by atoms with Crippen LogP contribution in [-0.4, -0.2) is 37.2 Å². The van der Waals surface area contributed by atoms with Crippen molar-refractivity contribution in [2.75, 3.05) is 13.2 Å². The quantitative estimate of drug-likeness (QED) is 0.0261. The zero-order valence-corrected chi connectivity index (χ0v) is 51.2. The highest BCUT2D eigenvalue weighted by molar-refractivity contribution is 5.71. The summed E-state index contributed by atoms with van der Waals surface area (Å²) in [6.45, 7) is 6.56. The molecule has 0 bridgehead atoms. The van der Waals surface area contributed by atoms with Crippen molar-refractivity contribution in [2.45, 2.75) is 348 Å².